The first-order valence-electron chi connectivity index (χ1n) is 6.53. The first kappa shape index (κ1) is 12.4. The van der Waals surface area contributed by atoms with Gasteiger partial charge in [0.2, 0.25) is 5.91 Å². The van der Waals surface area contributed by atoms with E-state index in [0.717, 1.165) is 25.2 Å². The Hall–Kier alpha value is -1.59. The number of nitrogens with zero attached hydrogens (tertiary/aromatic N) is 2. The number of amides is 1. The first-order chi connectivity index (χ1) is 9.28. The number of furan rings is 1. The number of hydrogen-bond donors (Lipinski definition) is 0. The van der Waals surface area contributed by atoms with Crippen molar-refractivity contribution in [2.24, 2.45) is 0 Å². The van der Waals surface area contributed by atoms with E-state index in [0.29, 0.717) is 6.54 Å². The summed E-state index contributed by atoms with van der Waals surface area (Å²) in [7, 11) is 0. The van der Waals surface area contributed by atoms with Gasteiger partial charge in [-0.05, 0) is 6.07 Å². The summed E-state index contributed by atoms with van der Waals surface area (Å²) in [5, 5.41) is 0. The third kappa shape index (κ3) is 2.43. The summed E-state index contributed by atoms with van der Waals surface area (Å²) >= 11 is 0. The third-order valence-electron chi connectivity index (χ3n) is 3.77. The SMILES string of the molecule is C=CCN1C(=O)CO[C@@H]2CN(Cc3ccoc3)C[C@H]21. The van der Waals surface area contributed by atoms with Crippen LogP contribution in [0, 0.1) is 0 Å². The molecule has 2 aliphatic rings. The molecule has 0 radical (unpaired) electrons. The minimum atomic E-state index is 0.0614. The number of hydrogen-bond acceptors (Lipinski definition) is 4. The Morgan fingerprint density at radius 1 is 1.47 bits per heavy atom. The molecule has 3 rings (SSSR count). The van der Waals surface area contributed by atoms with Gasteiger partial charge in [-0.15, -0.1) is 6.58 Å². The zero-order chi connectivity index (χ0) is 13.2. The third-order valence-corrected chi connectivity index (χ3v) is 3.77. The highest BCUT2D eigenvalue weighted by Gasteiger charge is 2.42. The molecular formula is C14H18N2O3. The maximum Gasteiger partial charge on any atom is 0.249 e. The van der Waals surface area contributed by atoms with Crippen molar-refractivity contribution in [3.8, 4) is 0 Å². The predicted octanol–water partition coefficient (Wildman–Crippen LogP) is 0.877. The average Bonchev–Trinajstić information content (AvgIpc) is 3.02. The van der Waals surface area contributed by atoms with E-state index in [-0.39, 0.29) is 24.7 Å². The Kier molecular flexibility index (Phi) is 3.40. The minimum absolute atomic E-state index is 0.0614. The molecule has 19 heavy (non-hydrogen) atoms. The minimum Gasteiger partial charge on any atom is -0.472 e. The van der Waals surface area contributed by atoms with Crippen molar-refractivity contribution in [1.29, 1.82) is 0 Å². The van der Waals surface area contributed by atoms with E-state index < -0.39 is 0 Å². The maximum absolute atomic E-state index is 11.9. The van der Waals surface area contributed by atoms with Crippen molar-refractivity contribution in [3.63, 3.8) is 0 Å². The zero-order valence-electron chi connectivity index (χ0n) is 10.8. The highest BCUT2D eigenvalue weighted by Crippen LogP contribution is 2.24. The molecule has 0 spiro atoms. The number of rotatable bonds is 4. The summed E-state index contributed by atoms with van der Waals surface area (Å²) in [5.74, 6) is 0.0614. The number of carbonyl (C=O) groups excluding carboxylic acids is 1. The smallest absolute Gasteiger partial charge is 0.249 e. The van der Waals surface area contributed by atoms with Gasteiger partial charge in [-0.2, -0.15) is 0 Å². The van der Waals surface area contributed by atoms with E-state index in [9.17, 15) is 4.79 Å². The standard InChI is InChI=1S/C14H18N2O3/c1-2-4-16-12-7-15(6-11-3-5-18-9-11)8-13(12)19-10-14(16)17/h2-3,5,9,12-13H,1,4,6-8,10H2/t12-,13-/m1/s1. The Balaban J connectivity index is 1.68. The van der Waals surface area contributed by atoms with Crippen LogP contribution in [0.1, 0.15) is 5.56 Å². The molecule has 1 amide bonds. The second-order valence-electron chi connectivity index (χ2n) is 5.08. The fourth-order valence-electron chi connectivity index (χ4n) is 2.89. The van der Waals surface area contributed by atoms with Gasteiger partial charge in [0.1, 0.15) is 6.61 Å². The summed E-state index contributed by atoms with van der Waals surface area (Å²) in [6, 6.07) is 2.11. The number of carbonyl (C=O) groups is 1. The molecule has 2 atom stereocenters. The molecule has 0 N–H and O–H groups in total. The molecule has 5 heteroatoms. The lowest BCUT2D eigenvalue weighted by molar-refractivity contribution is -0.151. The number of morpholine rings is 1. The van der Waals surface area contributed by atoms with Crippen molar-refractivity contribution in [1.82, 2.24) is 9.80 Å². The second kappa shape index (κ2) is 5.19. The van der Waals surface area contributed by atoms with E-state index >= 15 is 0 Å². The molecular weight excluding hydrogens is 244 g/mol. The van der Waals surface area contributed by atoms with Gasteiger partial charge >= 0.3 is 0 Å². The Morgan fingerprint density at radius 2 is 2.37 bits per heavy atom. The van der Waals surface area contributed by atoms with Crippen LogP contribution in [0.5, 0.6) is 0 Å². The highest BCUT2D eigenvalue weighted by atomic mass is 16.5. The Labute approximate surface area is 112 Å². The molecule has 3 heterocycles. The van der Waals surface area contributed by atoms with Gasteiger partial charge in [0.15, 0.2) is 0 Å². The van der Waals surface area contributed by atoms with E-state index in [1.807, 2.05) is 11.0 Å². The lowest BCUT2D eigenvalue weighted by Gasteiger charge is -2.36. The summed E-state index contributed by atoms with van der Waals surface area (Å²) in [4.78, 5) is 16.1. The predicted molar refractivity (Wildman–Crippen MR) is 69.4 cm³/mol. The van der Waals surface area contributed by atoms with Gasteiger partial charge in [-0.25, -0.2) is 0 Å². The van der Waals surface area contributed by atoms with Gasteiger partial charge in [-0.1, -0.05) is 6.08 Å². The Bertz CT molecular complexity index is 457. The van der Waals surface area contributed by atoms with Crippen LogP contribution in [-0.4, -0.2) is 54.1 Å². The first-order valence-corrected chi connectivity index (χ1v) is 6.53. The number of ether oxygens (including phenoxy) is 1. The van der Waals surface area contributed by atoms with Crippen molar-refractivity contribution >= 4 is 5.91 Å². The topological polar surface area (TPSA) is 45.9 Å². The molecule has 1 aromatic rings. The lowest BCUT2D eigenvalue weighted by Crippen LogP contribution is -2.53. The van der Waals surface area contributed by atoms with Crippen molar-refractivity contribution < 1.29 is 13.9 Å². The van der Waals surface area contributed by atoms with Gasteiger partial charge in [0, 0.05) is 31.7 Å². The van der Waals surface area contributed by atoms with Gasteiger partial charge in [-0.3, -0.25) is 9.69 Å². The van der Waals surface area contributed by atoms with Crippen LogP contribution in [-0.2, 0) is 16.1 Å². The van der Waals surface area contributed by atoms with E-state index in [1.165, 1.54) is 0 Å². The van der Waals surface area contributed by atoms with E-state index in [2.05, 4.69) is 11.5 Å². The Morgan fingerprint density at radius 3 is 3.11 bits per heavy atom. The van der Waals surface area contributed by atoms with Crippen LogP contribution < -0.4 is 0 Å². The second-order valence-corrected chi connectivity index (χ2v) is 5.08. The fraction of sp³-hybridized carbons (Fsp3) is 0.500. The molecule has 102 valence electrons. The molecule has 2 aliphatic heterocycles. The fourth-order valence-corrected chi connectivity index (χ4v) is 2.89. The van der Waals surface area contributed by atoms with Crippen molar-refractivity contribution in [2.45, 2.75) is 18.7 Å². The van der Waals surface area contributed by atoms with Gasteiger partial charge in [0.05, 0.1) is 24.7 Å². The molecule has 0 aliphatic carbocycles. The van der Waals surface area contributed by atoms with Crippen LogP contribution in [0.4, 0.5) is 0 Å². The largest absolute Gasteiger partial charge is 0.472 e. The quantitative estimate of drug-likeness (QED) is 0.756. The highest BCUT2D eigenvalue weighted by molar-refractivity contribution is 5.78. The molecule has 0 unspecified atom stereocenters. The summed E-state index contributed by atoms with van der Waals surface area (Å²) < 4.78 is 10.7. The van der Waals surface area contributed by atoms with Crippen LogP contribution in [0.25, 0.3) is 0 Å². The zero-order valence-corrected chi connectivity index (χ0v) is 10.8. The maximum atomic E-state index is 11.9. The molecule has 5 nitrogen and oxygen atoms in total. The average molecular weight is 262 g/mol. The van der Waals surface area contributed by atoms with Crippen LogP contribution in [0.3, 0.4) is 0 Å². The van der Waals surface area contributed by atoms with Crippen LogP contribution in [0.15, 0.2) is 35.7 Å². The van der Waals surface area contributed by atoms with Crippen molar-refractivity contribution in [3.05, 3.63) is 36.8 Å². The number of likely N-dealkylation sites (tertiary alicyclic amines) is 1. The summed E-state index contributed by atoms with van der Waals surface area (Å²) in [5.41, 5.74) is 1.15. The van der Waals surface area contributed by atoms with E-state index in [4.69, 9.17) is 9.15 Å². The van der Waals surface area contributed by atoms with Gasteiger partial charge < -0.3 is 14.1 Å². The van der Waals surface area contributed by atoms with Crippen LogP contribution in [0.2, 0.25) is 0 Å². The summed E-state index contributed by atoms with van der Waals surface area (Å²) in [6.45, 7) is 7.05. The molecule has 2 fully saturated rings. The summed E-state index contributed by atoms with van der Waals surface area (Å²) in [6.07, 6.45) is 5.33. The van der Waals surface area contributed by atoms with E-state index in [1.54, 1.807) is 18.6 Å². The molecule has 0 saturated carbocycles. The van der Waals surface area contributed by atoms with Gasteiger partial charge in [0.25, 0.3) is 0 Å². The molecule has 0 bridgehead atoms. The lowest BCUT2D eigenvalue weighted by atomic mass is 10.1. The molecule has 1 aromatic heterocycles. The normalized spacial score (nSPS) is 27.6. The molecule has 2 saturated heterocycles. The van der Waals surface area contributed by atoms with Crippen molar-refractivity contribution in [2.75, 3.05) is 26.2 Å². The molecule has 0 aromatic carbocycles. The van der Waals surface area contributed by atoms with Crippen LogP contribution >= 0.6 is 0 Å². The number of fused-ring (bicyclic) bond motifs is 1. The monoisotopic (exact) mass is 262 g/mol.